The number of aliphatic hydroxyl groups excluding tert-OH is 1. The molecule has 13 heteroatoms. The number of rotatable bonds is 4. The molecule has 3 amide bonds. The molecule has 0 spiro atoms. The predicted molar refractivity (Wildman–Crippen MR) is 152 cm³/mol. The molecule has 0 radical (unpaired) electrons. The first kappa shape index (κ1) is 27.6. The lowest BCUT2D eigenvalue weighted by Crippen LogP contribution is -2.29. The van der Waals surface area contributed by atoms with Crippen molar-refractivity contribution in [2.24, 2.45) is 0 Å². The maximum atomic E-state index is 13.2. The van der Waals surface area contributed by atoms with Gasteiger partial charge in [0.05, 0.1) is 42.8 Å². The van der Waals surface area contributed by atoms with E-state index in [9.17, 15) is 19.5 Å². The molecule has 0 saturated heterocycles. The van der Waals surface area contributed by atoms with Crippen LogP contribution in [0.25, 0.3) is 22.5 Å². The molecule has 2 aromatic carbocycles. The van der Waals surface area contributed by atoms with Crippen LogP contribution in [0.2, 0.25) is 5.02 Å². The maximum absolute atomic E-state index is 13.2. The fraction of sp³-hybridized carbons (Fsp3) is 0.179. The normalized spacial score (nSPS) is 17.6. The number of methoxy groups -OCH3 is 1. The molecule has 3 heterocycles. The van der Waals surface area contributed by atoms with Gasteiger partial charge in [-0.25, -0.2) is 9.78 Å². The van der Waals surface area contributed by atoms with E-state index >= 15 is 0 Å². The number of hydrogen-bond donors (Lipinski definition) is 6. The van der Waals surface area contributed by atoms with Crippen molar-refractivity contribution in [1.82, 2.24) is 25.5 Å². The largest absolute Gasteiger partial charge is 0.453 e. The quantitative estimate of drug-likeness (QED) is 0.195. The number of aromatic amines is 2. The van der Waals surface area contributed by atoms with Crippen LogP contribution in [0.1, 0.15) is 35.2 Å². The van der Waals surface area contributed by atoms with Crippen molar-refractivity contribution < 1.29 is 24.2 Å². The monoisotopic (exact) mass is 575 g/mol. The van der Waals surface area contributed by atoms with Crippen molar-refractivity contribution >= 4 is 40.9 Å². The number of carbonyl (C=O) groups excluding carboxylic acids is 3. The molecule has 0 aliphatic carbocycles. The number of fused-ring (bicyclic) bond motifs is 4. The van der Waals surface area contributed by atoms with Crippen molar-refractivity contribution in [1.29, 1.82) is 0 Å². The summed E-state index contributed by atoms with van der Waals surface area (Å²) in [5.41, 5.74) is 3.36. The number of H-pyrrole nitrogens is 2. The minimum absolute atomic E-state index is 0.201. The smallest absolute Gasteiger partial charge is 0.411 e. The fourth-order valence-electron chi connectivity index (χ4n) is 4.31. The summed E-state index contributed by atoms with van der Waals surface area (Å²) in [6.07, 6.45) is 3.17. The van der Waals surface area contributed by atoms with Crippen molar-refractivity contribution in [2.45, 2.75) is 25.0 Å². The minimum atomic E-state index is -1.06. The molecule has 1 aliphatic heterocycles. The first-order valence-corrected chi connectivity index (χ1v) is 13.0. The highest BCUT2D eigenvalue weighted by Gasteiger charge is 2.22. The third-order valence-electron chi connectivity index (χ3n) is 6.30. The van der Waals surface area contributed by atoms with Gasteiger partial charge in [-0.2, -0.15) is 5.10 Å². The Morgan fingerprint density at radius 2 is 2.00 bits per heavy atom. The highest BCUT2D eigenvalue weighted by molar-refractivity contribution is 6.30. The van der Waals surface area contributed by atoms with Crippen LogP contribution in [-0.2, 0) is 9.53 Å². The lowest BCUT2D eigenvalue weighted by atomic mass is 10.1. The average molecular weight is 576 g/mol. The summed E-state index contributed by atoms with van der Waals surface area (Å²) in [5, 5.41) is 26.2. The zero-order valence-electron chi connectivity index (χ0n) is 21.8. The number of imidazole rings is 1. The molecule has 12 nitrogen and oxygen atoms in total. The van der Waals surface area contributed by atoms with Crippen LogP contribution in [0.3, 0.4) is 0 Å². The van der Waals surface area contributed by atoms with Crippen LogP contribution in [0.5, 0.6) is 0 Å². The number of nitrogens with one attached hydrogen (secondary N) is 5. The van der Waals surface area contributed by atoms with Crippen LogP contribution in [0.15, 0.2) is 66.9 Å². The van der Waals surface area contributed by atoms with Crippen molar-refractivity contribution in [3.63, 3.8) is 0 Å². The van der Waals surface area contributed by atoms with Crippen LogP contribution in [0.4, 0.5) is 16.2 Å². The first-order chi connectivity index (χ1) is 19.8. The zero-order valence-corrected chi connectivity index (χ0v) is 22.5. The minimum Gasteiger partial charge on any atom is -0.453 e. The summed E-state index contributed by atoms with van der Waals surface area (Å²) < 4.78 is 4.64. The van der Waals surface area contributed by atoms with Gasteiger partial charge in [-0.15, -0.1) is 0 Å². The van der Waals surface area contributed by atoms with Gasteiger partial charge < -0.3 is 25.5 Å². The molecular formula is C28H26ClN7O5. The Hall–Kier alpha value is -4.94. The van der Waals surface area contributed by atoms with Crippen LogP contribution >= 0.6 is 11.6 Å². The average Bonchev–Trinajstić information content (AvgIpc) is 3.63. The van der Waals surface area contributed by atoms with Gasteiger partial charge in [-0.1, -0.05) is 35.9 Å². The topological polar surface area (TPSA) is 174 Å². The van der Waals surface area contributed by atoms with Crippen LogP contribution in [0, 0.1) is 0 Å². The van der Waals surface area contributed by atoms with Crippen molar-refractivity contribution in [2.75, 3.05) is 17.7 Å². The molecule has 0 saturated carbocycles. The lowest BCUT2D eigenvalue weighted by Gasteiger charge is -2.14. The molecule has 210 valence electrons. The number of carbonyl (C=O) groups is 3. The molecule has 5 rings (SSSR count). The highest BCUT2D eigenvalue weighted by atomic mass is 35.5. The second kappa shape index (κ2) is 12.1. The van der Waals surface area contributed by atoms with E-state index in [0.717, 1.165) is 5.56 Å². The molecule has 0 fully saturated rings. The summed E-state index contributed by atoms with van der Waals surface area (Å²) >= 11 is 6.09. The van der Waals surface area contributed by atoms with Gasteiger partial charge in [-0.3, -0.25) is 20.0 Å². The highest BCUT2D eigenvalue weighted by Crippen LogP contribution is 2.32. The SMILES string of the molecule is COC(=O)Nc1ccc2c(c1)NC(=O)CC(O)/C=C/C[C@H](NC(=O)c1cc(-c3cccc(Cl)c3)n[nH]1)c1nc-2c[nH]1. The van der Waals surface area contributed by atoms with E-state index in [2.05, 4.69) is 40.9 Å². The number of nitrogens with zero attached hydrogens (tertiary/aromatic N) is 2. The summed E-state index contributed by atoms with van der Waals surface area (Å²) in [7, 11) is 1.24. The van der Waals surface area contributed by atoms with E-state index in [0.29, 0.717) is 39.2 Å². The van der Waals surface area contributed by atoms with Gasteiger partial charge in [0.25, 0.3) is 5.91 Å². The van der Waals surface area contributed by atoms with Crippen molar-refractivity contribution in [3.8, 4) is 22.5 Å². The third kappa shape index (κ3) is 6.62. The molecule has 2 aromatic heterocycles. The zero-order chi connectivity index (χ0) is 28.9. The molecule has 4 aromatic rings. The molecular weight excluding hydrogens is 550 g/mol. The van der Waals surface area contributed by atoms with E-state index in [4.69, 9.17) is 11.6 Å². The maximum Gasteiger partial charge on any atom is 0.411 e. The molecule has 41 heavy (non-hydrogen) atoms. The second-order valence-corrected chi connectivity index (χ2v) is 9.67. The summed E-state index contributed by atoms with van der Waals surface area (Å²) in [6, 6.07) is 13.0. The number of anilines is 2. The Balaban J connectivity index is 1.44. The van der Waals surface area contributed by atoms with Gasteiger partial charge in [0.15, 0.2) is 0 Å². The Morgan fingerprint density at radius 1 is 1.15 bits per heavy atom. The Kier molecular flexibility index (Phi) is 8.13. The summed E-state index contributed by atoms with van der Waals surface area (Å²) in [5.74, 6) is -0.397. The number of amides is 3. The Bertz CT molecular complexity index is 1630. The third-order valence-corrected chi connectivity index (χ3v) is 6.54. The van der Waals surface area contributed by atoms with Gasteiger partial charge in [-0.05, 0) is 42.8 Å². The van der Waals surface area contributed by atoms with Crippen molar-refractivity contribution in [3.05, 3.63) is 83.4 Å². The standard InChI is InChI=1S/C28H26ClN7O5/c1-41-28(40)31-17-8-9-19-22(11-17)32-25(38)12-18(37)6-3-7-20(26-30-14-24(19)33-26)34-27(39)23-13-21(35-36-23)15-4-2-5-16(29)10-15/h2-6,8-11,13-14,18,20,37H,7,12H2,1H3,(H,30,33)(H,31,40)(H,32,38)(H,34,39)(H,35,36)/b6-3+/t18?,20-/m0/s1. The molecule has 2 bridgehead atoms. The first-order valence-electron chi connectivity index (χ1n) is 12.6. The number of aliphatic hydroxyl groups is 1. The van der Waals surface area contributed by atoms with Crippen LogP contribution < -0.4 is 16.0 Å². The van der Waals surface area contributed by atoms with E-state index in [1.165, 1.54) is 13.2 Å². The predicted octanol–water partition coefficient (Wildman–Crippen LogP) is 4.42. The van der Waals surface area contributed by atoms with Gasteiger partial charge in [0.1, 0.15) is 11.5 Å². The number of halogens is 1. The van der Waals surface area contributed by atoms with E-state index in [-0.39, 0.29) is 18.5 Å². The van der Waals surface area contributed by atoms with E-state index in [1.807, 2.05) is 6.07 Å². The number of benzene rings is 2. The van der Waals surface area contributed by atoms with Gasteiger partial charge >= 0.3 is 6.09 Å². The number of hydrogen-bond acceptors (Lipinski definition) is 7. The number of aromatic nitrogens is 4. The van der Waals surface area contributed by atoms with Gasteiger partial charge in [0.2, 0.25) is 5.91 Å². The molecule has 1 unspecified atom stereocenters. The summed E-state index contributed by atoms with van der Waals surface area (Å²) in [6.45, 7) is 0. The van der Waals surface area contributed by atoms with E-state index < -0.39 is 30.1 Å². The van der Waals surface area contributed by atoms with E-state index in [1.54, 1.807) is 54.7 Å². The van der Waals surface area contributed by atoms with Gasteiger partial charge in [0, 0.05) is 28.0 Å². The fourth-order valence-corrected chi connectivity index (χ4v) is 4.50. The molecule has 2 atom stereocenters. The molecule has 6 N–H and O–H groups in total. The Morgan fingerprint density at radius 3 is 2.80 bits per heavy atom. The number of ether oxygens (including phenoxy) is 1. The van der Waals surface area contributed by atoms with Crippen LogP contribution in [-0.4, -0.2) is 56.4 Å². The molecule has 1 aliphatic rings. The summed E-state index contributed by atoms with van der Waals surface area (Å²) in [4.78, 5) is 45.4. The second-order valence-electron chi connectivity index (χ2n) is 9.23. The lowest BCUT2D eigenvalue weighted by molar-refractivity contribution is -0.117. The Labute approximate surface area is 239 Å².